The van der Waals surface area contributed by atoms with Gasteiger partial charge in [-0.25, -0.2) is 0 Å². The van der Waals surface area contributed by atoms with Gasteiger partial charge in [-0.3, -0.25) is 0 Å². The number of rotatable bonds is 12. The molecule has 0 aliphatic carbocycles. The van der Waals surface area contributed by atoms with Gasteiger partial charge in [0.2, 0.25) is 0 Å². The van der Waals surface area contributed by atoms with Crippen LogP contribution in [0.5, 0.6) is 0 Å². The fourth-order valence-electron chi connectivity index (χ4n) is 6.98. The summed E-state index contributed by atoms with van der Waals surface area (Å²) in [6.07, 6.45) is -17.5. The predicted molar refractivity (Wildman–Crippen MR) is 263 cm³/mol. The van der Waals surface area contributed by atoms with E-state index in [0.717, 1.165) is 0 Å². The van der Waals surface area contributed by atoms with E-state index in [1.165, 1.54) is 19.6 Å². The Labute approximate surface area is 385 Å². The van der Waals surface area contributed by atoms with Crippen molar-refractivity contribution in [2.75, 3.05) is 0 Å². The molecule has 2 aliphatic rings. The van der Waals surface area contributed by atoms with Gasteiger partial charge in [0.1, 0.15) is 0 Å². The second-order valence-electron chi connectivity index (χ2n) is 21.1. The Morgan fingerprint density at radius 2 is 0.571 bits per heavy atom. The standard InChI is InChI=1S/C12H21F9O3Si3.C8H24O4Si4.C8H18OSi2.C6H18OSi2/c1-25(7-4-10(13,14)15)22-26(2,8-5-11(16,17)18)24-27(3,23-25)9-6-12(19,20)21;1-13(2)9-14(3,4)11-16(7,8)12-15(5,6)10-13;1-7-10(3,4)9-11(5,6)8-2;1-8(2,3)7-9(4,5)6/h4-9H2,1-3H3;1-8H3;7-8H,1-2H2,3-6H3;1-6H3. The highest BCUT2D eigenvalue weighted by Gasteiger charge is 2.58. The molecule has 0 unspecified atom stereocenters. The summed E-state index contributed by atoms with van der Waals surface area (Å²) >= 11 is 0. The first kappa shape index (κ1) is 66.0. The Hall–Kier alpha value is 0.876. The topological polar surface area (TPSA) is 83.1 Å². The molecule has 0 aromatic heterocycles. The van der Waals surface area contributed by atoms with Gasteiger partial charge in [0.05, 0.1) is 0 Å². The summed E-state index contributed by atoms with van der Waals surface area (Å²) in [5, 5.41) is 0. The molecule has 0 aromatic carbocycles. The summed E-state index contributed by atoms with van der Waals surface area (Å²) in [7, 11) is -25.1. The molecule has 378 valence electrons. The van der Waals surface area contributed by atoms with Gasteiger partial charge in [-0.05, 0) is 156 Å². The average molecular weight is 1110 g/mol. The van der Waals surface area contributed by atoms with Crippen molar-refractivity contribution in [2.45, 2.75) is 193 Å². The zero-order valence-corrected chi connectivity index (χ0v) is 52.9. The number of alkyl halides is 9. The number of hydrogen-bond acceptors (Lipinski definition) is 9. The highest BCUT2D eigenvalue weighted by molar-refractivity contribution is 6.94. The fourth-order valence-corrected chi connectivity index (χ4v) is 58.8. The largest absolute Gasteiger partial charge is 0.456 e. The highest BCUT2D eigenvalue weighted by Crippen LogP contribution is 2.42. The van der Waals surface area contributed by atoms with Crippen LogP contribution < -0.4 is 0 Å². The predicted octanol–water partition coefficient (Wildman–Crippen LogP) is 14.5. The Kier molecular flexibility index (Phi) is 24.3. The molecule has 2 saturated heterocycles. The van der Waals surface area contributed by atoms with E-state index in [-0.39, 0.29) is 0 Å². The van der Waals surface area contributed by atoms with Gasteiger partial charge in [0.15, 0.2) is 33.3 Å². The van der Waals surface area contributed by atoms with Crippen LogP contribution in [0.15, 0.2) is 24.6 Å². The molecule has 0 aromatic rings. The Balaban J connectivity index is 0. The van der Waals surface area contributed by atoms with Crippen molar-refractivity contribution in [3.63, 3.8) is 0 Å². The van der Waals surface area contributed by atoms with Crippen molar-refractivity contribution in [3.05, 3.63) is 24.6 Å². The molecule has 0 saturated carbocycles. The van der Waals surface area contributed by atoms with E-state index in [9.17, 15) is 39.5 Å². The lowest BCUT2D eigenvalue weighted by Crippen LogP contribution is -2.67. The summed E-state index contributed by atoms with van der Waals surface area (Å²) in [5.41, 5.74) is 3.93. The summed E-state index contributed by atoms with van der Waals surface area (Å²) in [4.78, 5) is 0. The molecule has 29 heteroatoms. The molecule has 0 atom stereocenters. The van der Waals surface area contributed by atoms with Gasteiger partial charge in [-0.2, -0.15) is 39.5 Å². The van der Waals surface area contributed by atoms with E-state index in [0.29, 0.717) is 0 Å². The van der Waals surface area contributed by atoms with Crippen molar-refractivity contribution in [2.24, 2.45) is 0 Å². The maximum absolute atomic E-state index is 12.6. The lowest BCUT2D eigenvalue weighted by atomic mass is 10.5. The van der Waals surface area contributed by atoms with Crippen LogP contribution >= 0.6 is 0 Å². The van der Waals surface area contributed by atoms with Crippen LogP contribution in [0.25, 0.3) is 0 Å². The lowest BCUT2D eigenvalue weighted by Gasteiger charge is -2.50. The van der Waals surface area contributed by atoms with Gasteiger partial charge in [0.25, 0.3) is 0 Å². The first-order valence-corrected chi connectivity index (χ1v) is 52.5. The van der Waals surface area contributed by atoms with E-state index < -0.39 is 149 Å². The van der Waals surface area contributed by atoms with Gasteiger partial charge in [0, 0.05) is 19.3 Å². The SMILES string of the molecule is C=C[Si](C)(C)O[Si](C)(C)C=C.C[Si](C)(C)O[Si](C)(C)C.C[Si]1(C)O[Si](C)(C)O[Si](C)(C)O[Si](C)(C)O1.C[Si]1(CCC(F)(F)F)O[Si](C)(CCC(F)(F)F)O[Si](C)(CCC(F)(F)F)O1. The molecule has 2 fully saturated rings. The minimum absolute atomic E-state index is 0.608. The Bertz CT molecular complexity index is 1260. The zero-order valence-electron chi connectivity index (χ0n) is 41.9. The Morgan fingerprint density at radius 1 is 0.381 bits per heavy atom. The second-order valence-corrected chi connectivity index (χ2v) is 63.6. The first-order valence-electron chi connectivity index (χ1n) is 20.9. The van der Waals surface area contributed by atoms with Crippen LogP contribution in [0, 0.1) is 0 Å². The molecular formula is C34H81F9O9Si11. The molecule has 0 amide bonds. The summed E-state index contributed by atoms with van der Waals surface area (Å²) < 4.78 is 166. The van der Waals surface area contributed by atoms with Crippen LogP contribution in [0.1, 0.15) is 19.3 Å². The molecular weight excluding hydrogens is 1030 g/mol. The van der Waals surface area contributed by atoms with Crippen LogP contribution in [-0.4, -0.2) is 112 Å². The summed E-state index contributed by atoms with van der Waals surface area (Å²) in [6.45, 7) is 49.9. The molecule has 0 radical (unpaired) electrons. The van der Waals surface area contributed by atoms with Crippen LogP contribution in [0.4, 0.5) is 39.5 Å². The third kappa shape index (κ3) is 34.8. The van der Waals surface area contributed by atoms with Gasteiger partial charge < -0.3 is 37.0 Å². The lowest BCUT2D eigenvalue weighted by molar-refractivity contribution is -0.131. The quantitative estimate of drug-likeness (QED) is 0.140. The average Bonchev–Trinajstić information content (AvgIpc) is 2.92. The normalized spacial score (nSPS) is 26.5. The minimum Gasteiger partial charge on any atom is -0.456 e. The minimum atomic E-state index is -4.55. The summed E-state index contributed by atoms with van der Waals surface area (Å²) in [5.74, 6) is 0. The third-order valence-electron chi connectivity index (χ3n) is 7.97. The third-order valence-corrected chi connectivity index (χ3v) is 48.6. The van der Waals surface area contributed by atoms with E-state index in [1.807, 2.05) is 11.4 Å². The van der Waals surface area contributed by atoms with Crippen molar-refractivity contribution in [3.8, 4) is 0 Å². The molecule has 2 rings (SSSR count). The van der Waals surface area contributed by atoms with Crippen molar-refractivity contribution >= 4 is 93.2 Å². The second kappa shape index (κ2) is 23.2. The molecule has 2 heterocycles. The smallest absolute Gasteiger partial charge is 0.389 e. The maximum Gasteiger partial charge on any atom is 0.389 e. The van der Waals surface area contributed by atoms with E-state index in [4.69, 9.17) is 37.0 Å². The van der Waals surface area contributed by atoms with Crippen LogP contribution in [-0.2, 0) is 37.0 Å². The van der Waals surface area contributed by atoms with Crippen LogP contribution in [0.3, 0.4) is 0 Å². The monoisotopic (exact) mass is 1110 g/mol. The summed E-state index contributed by atoms with van der Waals surface area (Å²) in [6, 6.07) is -1.82. The number of halogens is 9. The maximum atomic E-state index is 12.6. The fraction of sp³-hybridized carbons (Fsp3) is 0.882. The van der Waals surface area contributed by atoms with Gasteiger partial charge >= 0.3 is 78.5 Å². The first-order chi connectivity index (χ1) is 27.1. The van der Waals surface area contributed by atoms with Gasteiger partial charge in [-0.15, -0.1) is 13.2 Å². The molecule has 0 bridgehead atoms. The molecule has 9 nitrogen and oxygen atoms in total. The van der Waals surface area contributed by atoms with E-state index in [2.05, 4.69) is 131 Å². The molecule has 63 heavy (non-hydrogen) atoms. The number of hydrogen-bond donors (Lipinski definition) is 0. The van der Waals surface area contributed by atoms with Crippen LogP contribution in [0.2, 0.25) is 156 Å². The van der Waals surface area contributed by atoms with E-state index in [1.54, 1.807) is 0 Å². The van der Waals surface area contributed by atoms with Crippen molar-refractivity contribution in [1.82, 2.24) is 0 Å². The highest BCUT2D eigenvalue weighted by atomic mass is 28.5. The van der Waals surface area contributed by atoms with E-state index >= 15 is 0 Å². The Morgan fingerprint density at radius 3 is 0.698 bits per heavy atom. The molecule has 2 aliphatic heterocycles. The van der Waals surface area contributed by atoms with Crippen molar-refractivity contribution in [1.29, 1.82) is 0 Å². The zero-order chi connectivity index (χ0) is 51.0. The van der Waals surface area contributed by atoms with Gasteiger partial charge in [-0.1, -0.05) is 11.4 Å². The molecule has 0 spiro atoms. The van der Waals surface area contributed by atoms with Crippen molar-refractivity contribution < 1.29 is 76.6 Å². The molecule has 0 N–H and O–H groups in total.